The Morgan fingerprint density at radius 1 is 0.500 bits per heavy atom. The molecule has 0 aliphatic rings. The molecular formula is C24H20N6O12S4. The molecule has 0 aliphatic heterocycles. The lowest BCUT2D eigenvalue weighted by Gasteiger charge is -2.13. The second-order valence-corrected chi connectivity index (χ2v) is 15.0. The van der Waals surface area contributed by atoms with Gasteiger partial charge in [0.15, 0.2) is 0 Å². The Bertz CT molecular complexity index is 2360. The summed E-state index contributed by atoms with van der Waals surface area (Å²) in [4.78, 5) is 9.49. The lowest BCUT2D eigenvalue weighted by molar-refractivity contribution is 0.477. The summed E-state index contributed by atoms with van der Waals surface area (Å²) in [7, 11) is -18.0. The molecule has 5 aromatic rings. The standard InChI is InChI=1S/C24H20N6O12S4/c1-25-22-28-23(26-14-2-4-18-12(6-14)8-16(43(31,32)33)10-20(18)45(37,38)39)30-24(29-22)27-15-3-5-19-13(7-15)9-17(44(34,35)36)11-21(19)46(40,41)42/h2-11H,1H3,(H,31,32,33)(H,34,35,36)(H,37,38,39)(H,40,41,42)(H3,25,26,27,28,29,30). The number of hydrogen-bond donors (Lipinski definition) is 7. The van der Waals surface area contributed by atoms with E-state index in [0.29, 0.717) is 12.1 Å². The summed E-state index contributed by atoms with van der Waals surface area (Å²) < 4.78 is 133. The first-order valence-corrected chi connectivity index (χ1v) is 18.0. The van der Waals surface area contributed by atoms with Gasteiger partial charge in [-0.2, -0.15) is 48.6 Å². The number of nitrogens with one attached hydrogen (secondary N) is 3. The van der Waals surface area contributed by atoms with E-state index in [1.165, 1.54) is 43.4 Å². The van der Waals surface area contributed by atoms with Crippen LogP contribution < -0.4 is 16.0 Å². The van der Waals surface area contributed by atoms with Gasteiger partial charge in [0.05, 0.1) is 9.79 Å². The Labute approximate surface area is 260 Å². The summed E-state index contributed by atoms with van der Waals surface area (Å²) in [6.45, 7) is 0. The zero-order chi connectivity index (χ0) is 33.8. The molecule has 1 heterocycles. The van der Waals surface area contributed by atoms with Crippen molar-refractivity contribution in [2.24, 2.45) is 0 Å². The quantitative estimate of drug-likeness (QED) is 0.108. The van der Waals surface area contributed by atoms with Crippen molar-refractivity contribution in [2.45, 2.75) is 19.6 Å². The molecule has 1 aromatic heterocycles. The third-order valence-corrected chi connectivity index (χ3v) is 9.75. The van der Waals surface area contributed by atoms with E-state index < -0.39 is 60.1 Å². The molecule has 22 heteroatoms. The molecule has 4 aromatic carbocycles. The van der Waals surface area contributed by atoms with Crippen LogP contribution in [0.3, 0.4) is 0 Å². The topological polar surface area (TPSA) is 292 Å². The van der Waals surface area contributed by atoms with Crippen LogP contribution in [0.15, 0.2) is 80.2 Å². The van der Waals surface area contributed by atoms with Gasteiger partial charge in [-0.15, -0.1) is 0 Å². The molecular weight excluding hydrogens is 693 g/mol. The molecule has 0 fully saturated rings. The van der Waals surface area contributed by atoms with E-state index in [0.717, 1.165) is 12.1 Å². The van der Waals surface area contributed by atoms with Crippen molar-refractivity contribution in [3.8, 4) is 0 Å². The second-order valence-electron chi connectivity index (χ2n) is 9.42. The van der Waals surface area contributed by atoms with Crippen molar-refractivity contribution in [3.63, 3.8) is 0 Å². The van der Waals surface area contributed by atoms with Crippen LogP contribution in [0.2, 0.25) is 0 Å². The highest BCUT2D eigenvalue weighted by atomic mass is 32.2. The molecule has 0 unspecified atom stereocenters. The van der Waals surface area contributed by atoms with Crippen LogP contribution in [0.4, 0.5) is 29.2 Å². The van der Waals surface area contributed by atoms with Gasteiger partial charge in [-0.1, -0.05) is 12.1 Å². The lowest BCUT2D eigenvalue weighted by atomic mass is 10.1. The number of nitrogens with zero attached hydrogens (tertiary/aromatic N) is 3. The maximum Gasteiger partial charge on any atom is 0.295 e. The molecule has 46 heavy (non-hydrogen) atoms. The van der Waals surface area contributed by atoms with E-state index in [2.05, 4.69) is 30.9 Å². The molecule has 0 saturated heterocycles. The first kappa shape index (κ1) is 32.8. The van der Waals surface area contributed by atoms with Gasteiger partial charge in [-0.3, -0.25) is 18.2 Å². The molecule has 0 amide bonds. The highest BCUT2D eigenvalue weighted by molar-refractivity contribution is 7.87. The molecule has 18 nitrogen and oxygen atoms in total. The fraction of sp³-hybridized carbons (Fsp3) is 0.0417. The van der Waals surface area contributed by atoms with Gasteiger partial charge in [-0.05, 0) is 59.3 Å². The predicted octanol–water partition coefficient (Wildman–Crippen LogP) is 2.69. The minimum atomic E-state index is -4.89. The van der Waals surface area contributed by atoms with Gasteiger partial charge in [0.2, 0.25) is 17.8 Å². The van der Waals surface area contributed by atoms with Crippen LogP contribution in [0, 0.1) is 0 Å². The first-order valence-electron chi connectivity index (χ1n) is 12.3. The second kappa shape index (κ2) is 11.4. The average molecular weight is 713 g/mol. The smallest absolute Gasteiger partial charge is 0.295 e. The fourth-order valence-corrected chi connectivity index (χ4v) is 7.07. The molecule has 0 saturated carbocycles. The summed E-state index contributed by atoms with van der Waals surface area (Å²) in [6.07, 6.45) is 0. The highest BCUT2D eigenvalue weighted by Crippen LogP contribution is 2.32. The van der Waals surface area contributed by atoms with E-state index in [1.807, 2.05) is 0 Å². The molecule has 242 valence electrons. The van der Waals surface area contributed by atoms with Gasteiger partial charge in [0.1, 0.15) is 9.79 Å². The fourth-order valence-electron chi connectivity index (χ4n) is 4.35. The molecule has 0 spiro atoms. The number of benzene rings is 4. The number of fused-ring (bicyclic) bond motifs is 2. The van der Waals surface area contributed by atoms with Crippen molar-refractivity contribution in [1.82, 2.24) is 15.0 Å². The number of aromatic nitrogens is 3. The summed E-state index contributed by atoms with van der Waals surface area (Å²) >= 11 is 0. The Hall–Kier alpha value is -4.55. The van der Waals surface area contributed by atoms with Crippen LogP contribution >= 0.6 is 0 Å². The van der Waals surface area contributed by atoms with Crippen molar-refractivity contribution in [2.75, 3.05) is 23.0 Å². The zero-order valence-electron chi connectivity index (χ0n) is 22.8. The zero-order valence-corrected chi connectivity index (χ0v) is 26.1. The predicted molar refractivity (Wildman–Crippen MR) is 163 cm³/mol. The lowest BCUT2D eigenvalue weighted by Crippen LogP contribution is -2.08. The molecule has 7 N–H and O–H groups in total. The van der Waals surface area contributed by atoms with Gasteiger partial charge in [0.25, 0.3) is 40.5 Å². The summed E-state index contributed by atoms with van der Waals surface area (Å²) in [5, 5.41) is 8.27. The van der Waals surface area contributed by atoms with Gasteiger partial charge < -0.3 is 16.0 Å². The van der Waals surface area contributed by atoms with E-state index in [-0.39, 0.29) is 50.8 Å². The van der Waals surface area contributed by atoms with Crippen LogP contribution in [0.25, 0.3) is 21.5 Å². The van der Waals surface area contributed by atoms with E-state index in [9.17, 15) is 51.9 Å². The van der Waals surface area contributed by atoms with E-state index in [1.54, 1.807) is 0 Å². The number of hydrogen-bond acceptors (Lipinski definition) is 14. The minimum Gasteiger partial charge on any atom is -0.357 e. The Morgan fingerprint density at radius 2 is 0.870 bits per heavy atom. The molecule has 0 aliphatic carbocycles. The summed E-state index contributed by atoms with van der Waals surface area (Å²) in [5.74, 6) is -0.151. The molecule has 0 bridgehead atoms. The Balaban J connectivity index is 1.54. The SMILES string of the molecule is CNc1nc(Nc2ccc3c(S(=O)(=O)O)cc(S(=O)(=O)O)cc3c2)nc(Nc2ccc3c(S(=O)(=O)O)cc(S(=O)(=O)O)cc3c2)n1. The third-order valence-electron chi connectivity index (χ3n) is 6.30. The van der Waals surface area contributed by atoms with Gasteiger partial charge >= 0.3 is 0 Å². The first-order chi connectivity index (χ1) is 21.2. The molecule has 0 atom stereocenters. The van der Waals surface area contributed by atoms with Gasteiger partial charge in [0, 0.05) is 29.2 Å². The number of rotatable bonds is 9. The van der Waals surface area contributed by atoms with Crippen molar-refractivity contribution in [3.05, 3.63) is 60.7 Å². The Kier molecular flexibility index (Phi) is 8.11. The van der Waals surface area contributed by atoms with Crippen LogP contribution in [-0.2, 0) is 40.5 Å². The van der Waals surface area contributed by atoms with Crippen molar-refractivity contribution in [1.29, 1.82) is 0 Å². The Morgan fingerprint density at radius 3 is 1.20 bits per heavy atom. The minimum absolute atomic E-state index is 0.00122. The highest BCUT2D eigenvalue weighted by Gasteiger charge is 2.22. The molecule has 0 radical (unpaired) electrons. The van der Waals surface area contributed by atoms with E-state index >= 15 is 0 Å². The number of anilines is 5. The van der Waals surface area contributed by atoms with Crippen LogP contribution in [0.5, 0.6) is 0 Å². The van der Waals surface area contributed by atoms with Crippen molar-refractivity contribution < 1.29 is 51.9 Å². The summed E-state index contributed by atoms with van der Waals surface area (Å²) in [6, 6.07) is 11.1. The normalized spacial score (nSPS) is 12.7. The average Bonchev–Trinajstić information content (AvgIpc) is 2.93. The summed E-state index contributed by atoms with van der Waals surface area (Å²) in [5.41, 5.74) is 0.420. The third kappa shape index (κ3) is 6.97. The maximum absolute atomic E-state index is 11.9. The van der Waals surface area contributed by atoms with Gasteiger partial charge in [-0.25, -0.2) is 0 Å². The maximum atomic E-state index is 11.9. The van der Waals surface area contributed by atoms with Crippen LogP contribution in [-0.4, -0.2) is 73.9 Å². The van der Waals surface area contributed by atoms with Crippen LogP contribution in [0.1, 0.15) is 0 Å². The monoisotopic (exact) mass is 712 g/mol. The van der Waals surface area contributed by atoms with Crippen molar-refractivity contribution >= 4 is 91.2 Å². The van der Waals surface area contributed by atoms with E-state index in [4.69, 9.17) is 0 Å². The molecule has 5 rings (SSSR count). The largest absolute Gasteiger partial charge is 0.357 e.